The van der Waals surface area contributed by atoms with Gasteiger partial charge in [-0.05, 0) is 5.92 Å². The van der Waals surface area contributed by atoms with Gasteiger partial charge in [0.15, 0.2) is 0 Å². The predicted molar refractivity (Wildman–Crippen MR) is 191 cm³/mol. The second-order valence-corrected chi connectivity index (χ2v) is 14.0. The van der Waals surface area contributed by atoms with Crippen LogP contribution in [0.2, 0.25) is 0 Å². The molecule has 0 aromatic carbocycles. The lowest BCUT2D eigenvalue weighted by Crippen LogP contribution is -1.99. The van der Waals surface area contributed by atoms with Gasteiger partial charge in [0.25, 0.3) is 0 Å². The zero-order chi connectivity index (χ0) is 29.7. The average Bonchev–Trinajstić information content (AvgIpc) is 2.99. The number of hydrogen-bond acceptors (Lipinski definition) is 0. The molecule has 0 heteroatoms. The minimum Gasteiger partial charge on any atom is -0.0654 e. The largest absolute Gasteiger partial charge is 0.0654 e. The van der Waals surface area contributed by atoms with Crippen LogP contribution in [0, 0.1) is 12.8 Å². The van der Waals surface area contributed by atoms with Gasteiger partial charge in [0.1, 0.15) is 0 Å². The van der Waals surface area contributed by atoms with E-state index in [1.807, 2.05) is 0 Å². The summed E-state index contributed by atoms with van der Waals surface area (Å²) in [6.07, 6.45) is 54.0. The molecule has 0 aromatic heterocycles. The van der Waals surface area contributed by atoms with Crippen LogP contribution in [0.3, 0.4) is 0 Å². The highest BCUT2D eigenvalue weighted by Crippen LogP contribution is 2.22. The molecule has 0 rings (SSSR count). The molecule has 0 heterocycles. The molecule has 247 valence electrons. The minimum absolute atomic E-state index is 0.906. The van der Waals surface area contributed by atoms with Crippen molar-refractivity contribution in [1.82, 2.24) is 0 Å². The molecule has 0 N–H and O–H groups in total. The first-order valence-corrected chi connectivity index (χ1v) is 20.1. The zero-order valence-electron chi connectivity index (χ0n) is 29.4. The summed E-state index contributed by atoms with van der Waals surface area (Å²) in [6, 6.07) is 0. The first-order valence-electron chi connectivity index (χ1n) is 20.1. The van der Waals surface area contributed by atoms with Crippen molar-refractivity contribution in [3.05, 3.63) is 6.92 Å². The van der Waals surface area contributed by atoms with Gasteiger partial charge in [0.2, 0.25) is 0 Å². The standard InChI is InChI=1S/C41H83/c1-4-7-9-11-13-15-17-18-19-20-21-22-23-24-25-26-27-28-30-32-34-36-38-40-41(6-3)39-37-35-33-31-29-16-14-12-10-8-5-2/h41H,3-40H2,1-2H3. The maximum absolute atomic E-state index is 4.27. The van der Waals surface area contributed by atoms with Crippen LogP contribution >= 0.6 is 0 Å². The summed E-state index contributed by atoms with van der Waals surface area (Å²) in [4.78, 5) is 0. The summed E-state index contributed by atoms with van der Waals surface area (Å²) in [5.41, 5.74) is 0. The van der Waals surface area contributed by atoms with Crippen molar-refractivity contribution in [3.8, 4) is 0 Å². The van der Waals surface area contributed by atoms with Gasteiger partial charge in [-0.25, -0.2) is 0 Å². The van der Waals surface area contributed by atoms with Gasteiger partial charge < -0.3 is 0 Å². The smallest absolute Gasteiger partial charge is 0.0414 e. The van der Waals surface area contributed by atoms with Crippen molar-refractivity contribution >= 4 is 0 Å². The van der Waals surface area contributed by atoms with Crippen LogP contribution in [0.15, 0.2) is 0 Å². The second-order valence-electron chi connectivity index (χ2n) is 14.0. The normalized spacial score (nSPS) is 12.4. The molecular weight excluding hydrogens is 492 g/mol. The van der Waals surface area contributed by atoms with Crippen LogP contribution in [0.4, 0.5) is 0 Å². The molecule has 0 aliphatic heterocycles. The Hall–Kier alpha value is 0. The molecule has 1 radical (unpaired) electrons. The first-order chi connectivity index (χ1) is 20.3. The minimum atomic E-state index is 0.906. The van der Waals surface area contributed by atoms with E-state index in [0.717, 1.165) is 12.3 Å². The van der Waals surface area contributed by atoms with E-state index in [2.05, 4.69) is 20.8 Å². The van der Waals surface area contributed by atoms with Gasteiger partial charge >= 0.3 is 0 Å². The Morgan fingerprint density at radius 1 is 0.268 bits per heavy atom. The van der Waals surface area contributed by atoms with Crippen molar-refractivity contribution < 1.29 is 0 Å². The van der Waals surface area contributed by atoms with Gasteiger partial charge in [0, 0.05) is 0 Å². The van der Waals surface area contributed by atoms with Crippen LogP contribution in [-0.4, -0.2) is 0 Å². The fourth-order valence-corrected chi connectivity index (χ4v) is 6.75. The van der Waals surface area contributed by atoms with E-state index >= 15 is 0 Å². The van der Waals surface area contributed by atoms with Gasteiger partial charge in [0.05, 0.1) is 0 Å². The van der Waals surface area contributed by atoms with Crippen molar-refractivity contribution in [2.24, 2.45) is 5.92 Å². The van der Waals surface area contributed by atoms with Gasteiger partial charge in [-0.2, -0.15) is 0 Å². The fourth-order valence-electron chi connectivity index (χ4n) is 6.75. The lowest BCUT2D eigenvalue weighted by atomic mass is 9.92. The lowest BCUT2D eigenvalue weighted by molar-refractivity contribution is 0.404. The van der Waals surface area contributed by atoms with Crippen LogP contribution in [0.5, 0.6) is 0 Å². The van der Waals surface area contributed by atoms with E-state index in [9.17, 15) is 0 Å². The highest BCUT2D eigenvalue weighted by atomic mass is 14.1. The Morgan fingerprint density at radius 3 is 0.610 bits per heavy atom. The number of unbranched alkanes of at least 4 members (excludes halogenated alkanes) is 32. The second kappa shape index (κ2) is 38.0. The van der Waals surface area contributed by atoms with Crippen molar-refractivity contribution in [3.63, 3.8) is 0 Å². The molecule has 1 atom stereocenters. The Bertz CT molecular complexity index is 426. The monoisotopic (exact) mass is 576 g/mol. The molecular formula is C41H83. The third kappa shape index (κ3) is 36.1. The molecule has 0 spiro atoms. The lowest BCUT2D eigenvalue weighted by Gasteiger charge is -2.14. The van der Waals surface area contributed by atoms with E-state index < -0.39 is 0 Å². The third-order valence-corrected chi connectivity index (χ3v) is 9.84. The highest BCUT2D eigenvalue weighted by Gasteiger charge is 2.06. The van der Waals surface area contributed by atoms with E-state index in [4.69, 9.17) is 0 Å². The maximum Gasteiger partial charge on any atom is -0.0414 e. The summed E-state index contributed by atoms with van der Waals surface area (Å²) in [6.45, 7) is 8.88. The number of hydrogen-bond donors (Lipinski definition) is 0. The Balaban J connectivity index is 3.21. The molecule has 0 aromatic rings. The van der Waals surface area contributed by atoms with Crippen LogP contribution < -0.4 is 0 Å². The average molecular weight is 576 g/mol. The topological polar surface area (TPSA) is 0 Å². The Morgan fingerprint density at radius 2 is 0.439 bits per heavy atom. The number of rotatable bonds is 37. The summed E-state index contributed by atoms with van der Waals surface area (Å²) in [5.74, 6) is 0.906. The first kappa shape index (κ1) is 41.0. The van der Waals surface area contributed by atoms with Gasteiger partial charge in [-0.15, -0.1) is 0 Å². The third-order valence-electron chi connectivity index (χ3n) is 9.84. The van der Waals surface area contributed by atoms with Gasteiger partial charge in [-0.3, -0.25) is 0 Å². The van der Waals surface area contributed by atoms with Crippen molar-refractivity contribution in [2.45, 2.75) is 251 Å². The Kier molecular flexibility index (Phi) is 38.0. The van der Waals surface area contributed by atoms with Crippen molar-refractivity contribution in [2.75, 3.05) is 0 Å². The van der Waals surface area contributed by atoms with Gasteiger partial charge in [-0.1, -0.05) is 258 Å². The summed E-state index contributed by atoms with van der Waals surface area (Å²) >= 11 is 0. The molecule has 0 bridgehead atoms. The summed E-state index contributed by atoms with van der Waals surface area (Å²) in [7, 11) is 0. The van der Waals surface area contributed by atoms with E-state index in [1.165, 1.54) is 231 Å². The molecule has 0 amide bonds. The molecule has 0 saturated heterocycles. The molecule has 41 heavy (non-hydrogen) atoms. The van der Waals surface area contributed by atoms with E-state index in [-0.39, 0.29) is 0 Å². The molecule has 0 saturated carbocycles. The quantitative estimate of drug-likeness (QED) is 0.0646. The van der Waals surface area contributed by atoms with Crippen LogP contribution in [0.1, 0.15) is 251 Å². The summed E-state index contributed by atoms with van der Waals surface area (Å²) in [5, 5.41) is 0. The van der Waals surface area contributed by atoms with Crippen LogP contribution in [-0.2, 0) is 0 Å². The molecule has 0 fully saturated rings. The molecule has 1 unspecified atom stereocenters. The zero-order valence-corrected chi connectivity index (χ0v) is 29.4. The molecule has 0 aliphatic carbocycles. The fraction of sp³-hybridized carbons (Fsp3) is 0.976. The molecule has 0 aliphatic rings. The highest BCUT2D eigenvalue weighted by molar-refractivity contribution is 4.62. The summed E-state index contributed by atoms with van der Waals surface area (Å²) < 4.78 is 0. The van der Waals surface area contributed by atoms with Crippen molar-refractivity contribution in [1.29, 1.82) is 0 Å². The molecule has 0 nitrogen and oxygen atoms in total. The maximum atomic E-state index is 4.27. The van der Waals surface area contributed by atoms with E-state index in [0.29, 0.717) is 0 Å². The van der Waals surface area contributed by atoms with Crippen LogP contribution in [0.25, 0.3) is 0 Å². The SMILES string of the molecule is [CH2]CC(CCCCCCCCCCCCC)CCCCCCCCCCCCCCCCCCCCCCCCC. The van der Waals surface area contributed by atoms with E-state index in [1.54, 1.807) is 0 Å². The predicted octanol–water partition coefficient (Wildman–Crippen LogP) is 15.9. The Labute approximate surface area is 263 Å².